The van der Waals surface area contributed by atoms with Gasteiger partial charge in [0.2, 0.25) is 0 Å². The monoisotopic (exact) mass is 260 g/mol. The highest BCUT2D eigenvalue weighted by Crippen LogP contribution is 2.21. The van der Waals surface area contributed by atoms with Gasteiger partial charge in [0.25, 0.3) is 0 Å². The molecule has 3 nitrogen and oxygen atoms in total. The van der Waals surface area contributed by atoms with E-state index in [1.165, 1.54) is 0 Å². The Labute approximate surface area is 110 Å². The summed E-state index contributed by atoms with van der Waals surface area (Å²) in [7, 11) is 0.446. The normalized spacial score (nSPS) is 15.9. The van der Waals surface area contributed by atoms with E-state index < -0.39 is 8.07 Å². The van der Waals surface area contributed by atoms with Crippen LogP contribution in [0.5, 0.6) is 0 Å². The SMILES string of the molecule is COC1CN(c2ccc(C#C[Si](C)(C)C)nc2)C1. The summed E-state index contributed by atoms with van der Waals surface area (Å²) in [6, 6.07) is 4.09. The Kier molecular flexibility index (Phi) is 3.74. The van der Waals surface area contributed by atoms with Crippen LogP contribution in [0, 0.1) is 11.5 Å². The first-order chi connectivity index (χ1) is 8.48. The van der Waals surface area contributed by atoms with E-state index in [0.29, 0.717) is 6.10 Å². The molecule has 0 spiro atoms. The molecule has 0 amide bonds. The smallest absolute Gasteiger partial charge is 0.129 e. The lowest BCUT2D eigenvalue weighted by atomic mass is 10.1. The highest BCUT2D eigenvalue weighted by atomic mass is 28.3. The van der Waals surface area contributed by atoms with E-state index in [1.54, 1.807) is 7.11 Å². The zero-order valence-electron chi connectivity index (χ0n) is 11.5. The molecular weight excluding hydrogens is 240 g/mol. The van der Waals surface area contributed by atoms with Crippen LogP contribution in [0.25, 0.3) is 0 Å². The van der Waals surface area contributed by atoms with Crippen LogP contribution in [0.2, 0.25) is 19.6 Å². The summed E-state index contributed by atoms with van der Waals surface area (Å²) < 4.78 is 5.26. The minimum Gasteiger partial charge on any atom is -0.378 e. The fourth-order valence-corrected chi connectivity index (χ4v) is 2.20. The lowest BCUT2D eigenvalue weighted by Crippen LogP contribution is -2.51. The molecule has 0 aliphatic carbocycles. The van der Waals surface area contributed by atoms with Crippen LogP contribution in [0.15, 0.2) is 18.3 Å². The second-order valence-electron chi connectivity index (χ2n) is 5.66. The summed E-state index contributed by atoms with van der Waals surface area (Å²) in [6.45, 7) is 8.62. The van der Waals surface area contributed by atoms with Crippen molar-refractivity contribution in [3.05, 3.63) is 24.0 Å². The molecule has 2 rings (SSSR count). The van der Waals surface area contributed by atoms with Gasteiger partial charge >= 0.3 is 0 Å². The van der Waals surface area contributed by atoms with Crippen molar-refractivity contribution >= 4 is 13.8 Å². The quantitative estimate of drug-likeness (QED) is 0.602. The molecule has 0 N–H and O–H groups in total. The van der Waals surface area contributed by atoms with E-state index in [0.717, 1.165) is 24.5 Å². The fourth-order valence-electron chi connectivity index (χ4n) is 1.70. The summed E-state index contributed by atoms with van der Waals surface area (Å²) in [5, 5.41) is 0. The van der Waals surface area contributed by atoms with Crippen molar-refractivity contribution in [2.24, 2.45) is 0 Å². The average molecular weight is 260 g/mol. The molecule has 0 radical (unpaired) electrons. The standard InChI is InChI=1S/C14H20N2OSi/c1-17-14-10-16(11-14)13-6-5-12(15-9-13)7-8-18(2,3)4/h5-6,9,14H,10-11H2,1-4H3. The molecule has 18 heavy (non-hydrogen) atoms. The van der Waals surface area contributed by atoms with Crippen molar-refractivity contribution in [2.75, 3.05) is 25.1 Å². The first kappa shape index (κ1) is 13.1. The summed E-state index contributed by atoms with van der Waals surface area (Å²) in [5.74, 6) is 3.16. The summed E-state index contributed by atoms with van der Waals surface area (Å²) in [5.41, 5.74) is 5.34. The Balaban J connectivity index is 2.00. The largest absolute Gasteiger partial charge is 0.378 e. The van der Waals surface area contributed by atoms with Crippen LogP contribution in [0.4, 0.5) is 5.69 Å². The van der Waals surface area contributed by atoms with Gasteiger partial charge in [-0.2, -0.15) is 0 Å². The number of anilines is 1. The van der Waals surface area contributed by atoms with Crippen molar-refractivity contribution in [3.8, 4) is 11.5 Å². The lowest BCUT2D eigenvalue weighted by molar-refractivity contribution is 0.0787. The van der Waals surface area contributed by atoms with Gasteiger partial charge in [-0.05, 0) is 12.1 Å². The molecular formula is C14H20N2OSi. The predicted octanol–water partition coefficient (Wildman–Crippen LogP) is 2.15. The van der Waals surface area contributed by atoms with Gasteiger partial charge in [-0.1, -0.05) is 25.6 Å². The maximum absolute atomic E-state index is 5.26. The van der Waals surface area contributed by atoms with Crippen LogP contribution in [-0.2, 0) is 4.74 Å². The number of methoxy groups -OCH3 is 1. The summed E-state index contributed by atoms with van der Waals surface area (Å²) in [4.78, 5) is 6.66. The summed E-state index contributed by atoms with van der Waals surface area (Å²) >= 11 is 0. The van der Waals surface area contributed by atoms with Gasteiger partial charge < -0.3 is 9.64 Å². The van der Waals surface area contributed by atoms with Gasteiger partial charge in [0.1, 0.15) is 13.8 Å². The first-order valence-corrected chi connectivity index (χ1v) is 9.75. The van der Waals surface area contributed by atoms with Gasteiger partial charge in [-0.3, -0.25) is 0 Å². The number of hydrogen-bond acceptors (Lipinski definition) is 3. The van der Waals surface area contributed by atoms with Crippen molar-refractivity contribution in [1.82, 2.24) is 4.98 Å². The number of rotatable bonds is 2. The molecule has 1 aromatic heterocycles. The summed E-state index contributed by atoms with van der Waals surface area (Å²) in [6.07, 6.45) is 2.27. The molecule has 1 saturated heterocycles. The van der Waals surface area contributed by atoms with Crippen LogP contribution >= 0.6 is 0 Å². The zero-order valence-corrected chi connectivity index (χ0v) is 12.5. The van der Waals surface area contributed by atoms with Crippen LogP contribution in [0.3, 0.4) is 0 Å². The van der Waals surface area contributed by atoms with Gasteiger partial charge in [0, 0.05) is 20.2 Å². The average Bonchev–Trinajstić information content (AvgIpc) is 2.25. The number of aromatic nitrogens is 1. The Morgan fingerprint density at radius 1 is 1.33 bits per heavy atom. The maximum Gasteiger partial charge on any atom is 0.129 e. The Morgan fingerprint density at radius 2 is 2.06 bits per heavy atom. The van der Waals surface area contributed by atoms with Crippen molar-refractivity contribution in [3.63, 3.8) is 0 Å². The molecule has 0 bridgehead atoms. The number of pyridine rings is 1. The molecule has 0 saturated carbocycles. The molecule has 2 heterocycles. The van der Waals surface area contributed by atoms with Gasteiger partial charge in [-0.15, -0.1) is 5.54 Å². The molecule has 1 aliphatic heterocycles. The molecule has 1 fully saturated rings. The third kappa shape index (κ3) is 3.34. The minimum atomic E-state index is -1.31. The molecule has 0 unspecified atom stereocenters. The second kappa shape index (κ2) is 5.13. The first-order valence-electron chi connectivity index (χ1n) is 6.25. The predicted molar refractivity (Wildman–Crippen MR) is 77.5 cm³/mol. The van der Waals surface area contributed by atoms with E-state index in [4.69, 9.17) is 4.74 Å². The van der Waals surface area contributed by atoms with Crippen LogP contribution < -0.4 is 4.90 Å². The topological polar surface area (TPSA) is 25.4 Å². The second-order valence-corrected chi connectivity index (χ2v) is 10.4. The molecule has 0 atom stereocenters. The van der Waals surface area contributed by atoms with Crippen molar-refractivity contribution < 1.29 is 4.74 Å². The van der Waals surface area contributed by atoms with E-state index in [2.05, 4.69) is 47.1 Å². The lowest BCUT2D eigenvalue weighted by Gasteiger charge is -2.39. The van der Waals surface area contributed by atoms with Gasteiger partial charge in [-0.25, -0.2) is 4.98 Å². The van der Waals surface area contributed by atoms with Crippen LogP contribution in [0.1, 0.15) is 5.69 Å². The molecule has 96 valence electrons. The molecule has 1 aromatic rings. The number of hydrogen-bond donors (Lipinski definition) is 0. The van der Waals surface area contributed by atoms with Crippen LogP contribution in [-0.4, -0.2) is 39.4 Å². The highest BCUT2D eigenvalue weighted by Gasteiger charge is 2.26. The van der Waals surface area contributed by atoms with Gasteiger partial charge in [0.15, 0.2) is 0 Å². The number of ether oxygens (including phenoxy) is 1. The minimum absolute atomic E-state index is 0.372. The van der Waals surface area contributed by atoms with Crippen molar-refractivity contribution in [1.29, 1.82) is 0 Å². The van der Waals surface area contributed by atoms with E-state index in [1.807, 2.05) is 12.3 Å². The Bertz CT molecular complexity index is 461. The highest BCUT2D eigenvalue weighted by molar-refractivity contribution is 6.83. The molecule has 4 heteroatoms. The third-order valence-electron chi connectivity index (χ3n) is 2.86. The van der Waals surface area contributed by atoms with E-state index in [-0.39, 0.29) is 0 Å². The Morgan fingerprint density at radius 3 is 2.56 bits per heavy atom. The molecule has 0 aromatic carbocycles. The zero-order chi connectivity index (χ0) is 13.2. The van der Waals surface area contributed by atoms with E-state index in [9.17, 15) is 0 Å². The van der Waals surface area contributed by atoms with Gasteiger partial charge in [0.05, 0.1) is 18.0 Å². The molecule has 1 aliphatic rings. The third-order valence-corrected chi connectivity index (χ3v) is 3.73. The fraction of sp³-hybridized carbons (Fsp3) is 0.500. The maximum atomic E-state index is 5.26. The van der Waals surface area contributed by atoms with E-state index >= 15 is 0 Å². The Hall–Kier alpha value is -1.31. The van der Waals surface area contributed by atoms with Crippen molar-refractivity contribution in [2.45, 2.75) is 25.7 Å². The number of nitrogens with zero attached hydrogens (tertiary/aromatic N) is 2.